The summed E-state index contributed by atoms with van der Waals surface area (Å²) < 4.78 is 4.90. The molecule has 1 atom stereocenters. The Kier molecular flexibility index (Phi) is 6.98. The lowest BCUT2D eigenvalue weighted by Crippen LogP contribution is -2.48. The number of nitrogens with one attached hydrogen (secondary N) is 2. The fourth-order valence-electron chi connectivity index (χ4n) is 2.89. The van der Waals surface area contributed by atoms with Gasteiger partial charge < -0.3 is 20.5 Å². The number of carbonyl (C=O) groups is 1. The standard InChI is InChI=1S/C20H26N2O3/c1-20(24,15-22-19(23)21-13-14-25-2)18(16-9-5-3-6-10-16)17-11-7-4-8-12-17/h3-12,18,24H,13-15H2,1-2H3,(H2,21,22,23)/t20-/m1/s1. The normalized spacial score (nSPS) is 13.3. The molecule has 0 aliphatic rings. The topological polar surface area (TPSA) is 70.6 Å². The summed E-state index contributed by atoms with van der Waals surface area (Å²) in [5, 5.41) is 16.6. The van der Waals surface area contributed by atoms with Crippen LogP contribution in [0.2, 0.25) is 0 Å². The van der Waals surface area contributed by atoms with Crippen molar-refractivity contribution in [2.24, 2.45) is 0 Å². The van der Waals surface area contributed by atoms with Crippen LogP contribution in [0.15, 0.2) is 60.7 Å². The maximum atomic E-state index is 11.9. The molecule has 2 aromatic rings. The van der Waals surface area contributed by atoms with Gasteiger partial charge in [0.15, 0.2) is 0 Å². The predicted molar refractivity (Wildman–Crippen MR) is 98.6 cm³/mol. The number of rotatable bonds is 8. The average molecular weight is 342 g/mol. The van der Waals surface area contributed by atoms with Gasteiger partial charge in [-0.05, 0) is 18.1 Å². The first-order chi connectivity index (χ1) is 12.0. The first kappa shape index (κ1) is 19.0. The summed E-state index contributed by atoms with van der Waals surface area (Å²) in [6.07, 6.45) is 0. The van der Waals surface area contributed by atoms with Gasteiger partial charge >= 0.3 is 6.03 Å². The molecule has 2 rings (SSSR count). The summed E-state index contributed by atoms with van der Waals surface area (Å²) in [5.41, 5.74) is 0.849. The highest BCUT2D eigenvalue weighted by Gasteiger charge is 2.34. The molecule has 2 aromatic carbocycles. The number of methoxy groups -OCH3 is 1. The summed E-state index contributed by atoms with van der Waals surface area (Å²) in [6.45, 7) is 2.74. The van der Waals surface area contributed by atoms with Crippen molar-refractivity contribution in [3.63, 3.8) is 0 Å². The molecule has 0 heterocycles. The van der Waals surface area contributed by atoms with E-state index in [0.29, 0.717) is 13.2 Å². The van der Waals surface area contributed by atoms with E-state index in [9.17, 15) is 9.90 Å². The van der Waals surface area contributed by atoms with Gasteiger partial charge in [0, 0.05) is 26.1 Å². The Morgan fingerprint density at radius 1 is 1.04 bits per heavy atom. The van der Waals surface area contributed by atoms with Crippen LogP contribution in [0.5, 0.6) is 0 Å². The molecule has 5 heteroatoms. The minimum absolute atomic E-state index is 0.125. The van der Waals surface area contributed by atoms with E-state index < -0.39 is 5.60 Å². The van der Waals surface area contributed by atoms with Crippen molar-refractivity contribution in [2.45, 2.75) is 18.4 Å². The highest BCUT2D eigenvalue weighted by Crippen LogP contribution is 2.34. The fraction of sp³-hybridized carbons (Fsp3) is 0.350. The number of benzene rings is 2. The van der Waals surface area contributed by atoms with Crippen molar-refractivity contribution in [1.82, 2.24) is 10.6 Å². The Morgan fingerprint density at radius 3 is 2.04 bits per heavy atom. The van der Waals surface area contributed by atoms with Crippen molar-refractivity contribution in [2.75, 3.05) is 26.8 Å². The van der Waals surface area contributed by atoms with Crippen LogP contribution >= 0.6 is 0 Å². The summed E-state index contributed by atoms with van der Waals surface area (Å²) in [6, 6.07) is 19.3. The first-order valence-corrected chi connectivity index (χ1v) is 8.37. The number of aliphatic hydroxyl groups is 1. The van der Waals surface area contributed by atoms with Gasteiger partial charge in [-0.15, -0.1) is 0 Å². The molecule has 0 unspecified atom stereocenters. The largest absolute Gasteiger partial charge is 0.387 e. The third-order valence-corrected chi connectivity index (χ3v) is 4.09. The third kappa shape index (κ3) is 5.59. The summed E-state index contributed by atoms with van der Waals surface area (Å²) in [4.78, 5) is 11.9. The smallest absolute Gasteiger partial charge is 0.314 e. The van der Waals surface area contributed by atoms with E-state index in [2.05, 4.69) is 10.6 Å². The van der Waals surface area contributed by atoms with Gasteiger partial charge in [-0.25, -0.2) is 4.79 Å². The van der Waals surface area contributed by atoms with Gasteiger partial charge in [0.2, 0.25) is 0 Å². The van der Waals surface area contributed by atoms with E-state index >= 15 is 0 Å². The Bertz CT molecular complexity index is 605. The Morgan fingerprint density at radius 2 is 1.56 bits per heavy atom. The lowest BCUT2D eigenvalue weighted by molar-refractivity contribution is 0.0451. The maximum absolute atomic E-state index is 11.9. The Labute approximate surface area is 149 Å². The number of hydrogen-bond donors (Lipinski definition) is 3. The zero-order valence-corrected chi connectivity index (χ0v) is 14.7. The number of carbonyl (C=O) groups excluding carboxylic acids is 1. The van der Waals surface area contributed by atoms with Crippen LogP contribution < -0.4 is 10.6 Å². The SMILES string of the molecule is COCCNC(=O)NC[C@@](C)(O)C(c1ccccc1)c1ccccc1. The van der Waals surface area contributed by atoms with Crippen molar-refractivity contribution >= 4 is 6.03 Å². The summed E-state index contributed by atoms with van der Waals surface area (Å²) in [5.74, 6) is -0.255. The molecule has 0 saturated carbocycles. The number of urea groups is 1. The zero-order valence-electron chi connectivity index (χ0n) is 14.7. The average Bonchev–Trinajstić information content (AvgIpc) is 2.62. The first-order valence-electron chi connectivity index (χ1n) is 8.37. The van der Waals surface area contributed by atoms with E-state index in [1.807, 2.05) is 60.7 Å². The monoisotopic (exact) mass is 342 g/mol. The molecule has 134 valence electrons. The highest BCUT2D eigenvalue weighted by molar-refractivity contribution is 5.73. The lowest BCUT2D eigenvalue weighted by Gasteiger charge is -2.34. The minimum Gasteiger partial charge on any atom is -0.387 e. The van der Waals surface area contributed by atoms with Gasteiger partial charge in [0.1, 0.15) is 0 Å². The molecule has 0 bridgehead atoms. The molecule has 0 radical (unpaired) electrons. The van der Waals surface area contributed by atoms with Crippen molar-refractivity contribution in [3.05, 3.63) is 71.8 Å². The second-order valence-corrected chi connectivity index (χ2v) is 6.21. The molecule has 0 fully saturated rings. The van der Waals surface area contributed by atoms with Crippen LogP contribution in [0.3, 0.4) is 0 Å². The van der Waals surface area contributed by atoms with Crippen molar-refractivity contribution < 1.29 is 14.6 Å². The van der Waals surface area contributed by atoms with E-state index in [1.165, 1.54) is 0 Å². The third-order valence-electron chi connectivity index (χ3n) is 4.09. The molecule has 3 N–H and O–H groups in total. The molecule has 5 nitrogen and oxygen atoms in total. The van der Waals surface area contributed by atoms with Gasteiger partial charge in [-0.3, -0.25) is 0 Å². The number of amides is 2. The Balaban J connectivity index is 2.14. The second kappa shape index (κ2) is 9.20. The second-order valence-electron chi connectivity index (χ2n) is 6.21. The minimum atomic E-state index is -1.15. The molecule has 0 aliphatic heterocycles. The van der Waals surface area contributed by atoms with Crippen LogP contribution in [0.1, 0.15) is 24.0 Å². The summed E-state index contributed by atoms with van der Waals surface area (Å²) in [7, 11) is 1.58. The van der Waals surface area contributed by atoms with E-state index in [-0.39, 0.29) is 18.5 Å². The van der Waals surface area contributed by atoms with Crippen LogP contribution in [0.4, 0.5) is 4.79 Å². The van der Waals surface area contributed by atoms with Crippen LogP contribution in [0.25, 0.3) is 0 Å². The number of ether oxygens (including phenoxy) is 1. The van der Waals surface area contributed by atoms with E-state index in [1.54, 1.807) is 14.0 Å². The molecule has 2 amide bonds. The van der Waals surface area contributed by atoms with Crippen LogP contribution in [-0.2, 0) is 4.74 Å². The fourth-order valence-corrected chi connectivity index (χ4v) is 2.89. The van der Waals surface area contributed by atoms with E-state index in [4.69, 9.17) is 4.74 Å². The molecule has 25 heavy (non-hydrogen) atoms. The molecule has 0 saturated heterocycles. The van der Waals surface area contributed by atoms with Crippen molar-refractivity contribution in [3.8, 4) is 0 Å². The van der Waals surface area contributed by atoms with E-state index in [0.717, 1.165) is 11.1 Å². The zero-order chi connectivity index (χ0) is 18.1. The van der Waals surface area contributed by atoms with Crippen molar-refractivity contribution in [1.29, 1.82) is 0 Å². The maximum Gasteiger partial charge on any atom is 0.314 e. The number of hydrogen-bond acceptors (Lipinski definition) is 3. The lowest BCUT2D eigenvalue weighted by atomic mass is 9.78. The van der Waals surface area contributed by atoms with Gasteiger partial charge in [0.25, 0.3) is 0 Å². The Hall–Kier alpha value is -2.37. The quantitative estimate of drug-likeness (QED) is 0.646. The molecule has 0 aromatic heterocycles. The van der Waals surface area contributed by atoms with Crippen LogP contribution in [-0.4, -0.2) is 43.5 Å². The molecular formula is C20H26N2O3. The van der Waals surface area contributed by atoms with Gasteiger partial charge in [-0.2, -0.15) is 0 Å². The van der Waals surface area contributed by atoms with Gasteiger partial charge in [-0.1, -0.05) is 60.7 Å². The van der Waals surface area contributed by atoms with Gasteiger partial charge in [0.05, 0.1) is 12.2 Å². The molecule has 0 aliphatic carbocycles. The highest BCUT2D eigenvalue weighted by atomic mass is 16.5. The van der Waals surface area contributed by atoms with Crippen LogP contribution in [0, 0.1) is 0 Å². The molecular weight excluding hydrogens is 316 g/mol. The predicted octanol–water partition coefficient (Wildman–Crippen LogP) is 2.52. The molecule has 0 spiro atoms. The summed E-state index contributed by atoms with van der Waals surface area (Å²) >= 11 is 0.